The van der Waals surface area contributed by atoms with Gasteiger partial charge in [-0.25, -0.2) is 0 Å². The van der Waals surface area contributed by atoms with Gasteiger partial charge in [0.25, 0.3) is 0 Å². The van der Waals surface area contributed by atoms with Gasteiger partial charge in [0.2, 0.25) is 0 Å². The van der Waals surface area contributed by atoms with E-state index < -0.39 is 0 Å². The zero-order valence-corrected chi connectivity index (χ0v) is 15.5. The van der Waals surface area contributed by atoms with Gasteiger partial charge < -0.3 is 4.74 Å². The van der Waals surface area contributed by atoms with Gasteiger partial charge in [0.15, 0.2) is 6.10 Å². The molecular formula is C23H29NO. The number of pyridine rings is 1. The van der Waals surface area contributed by atoms with Crippen LogP contribution in [0.3, 0.4) is 0 Å². The van der Waals surface area contributed by atoms with Crippen LogP contribution in [0.25, 0.3) is 11.3 Å². The Morgan fingerprint density at radius 3 is 2.36 bits per heavy atom. The van der Waals surface area contributed by atoms with E-state index in [1.807, 2.05) is 37.4 Å². The molecule has 0 aliphatic heterocycles. The van der Waals surface area contributed by atoms with Crippen molar-refractivity contribution < 1.29 is 4.74 Å². The van der Waals surface area contributed by atoms with Crippen LogP contribution in [-0.4, -0.2) is 11.1 Å². The van der Waals surface area contributed by atoms with Gasteiger partial charge in [0, 0.05) is 11.8 Å². The number of unbranched alkanes of at least 4 members (excludes halogenated alkanes) is 5. The number of hydrogen-bond donors (Lipinski definition) is 0. The Morgan fingerprint density at radius 2 is 1.72 bits per heavy atom. The number of ether oxygens (including phenoxy) is 1. The summed E-state index contributed by atoms with van der Waals surface area (Å²) >= 11 is 0. The molecule has 1 aromatic carbocycles. The first kappa shape index (κ1) is 19.1. The van der Waals surface area contributed by atoms with Crippen LogP contribution in [0, 0.1) is 12.3 Å². The maximum absolute atomic E-state index is 5.60. The number of terminal acetylenes is 1. The quantitative estimate of drug-likeness (QED) is 0.389. The second kappa shape index (κ2) is 10.6. The first-order valence-electron chi connectivity index (χ1n) is 9.41. The average Bonchev–Trinajstić information content (AvgIpc) is 2.65. The lowest BCUT2D eigenvalue weighted by Crippen LogP contribution is -2.07. The van der Waals surface area contributed by atoms with E-state index in [4.69, 9.17) is 11.2 Å². The van der Waals surface area contributed by atoms with E-state index in [9.17, 15) is 0 Å². The zero-order chi connectivity index (χ0) is 17.9. The first-order chi connectivity index (χ1) is 12.2. The van der Waals surface area contributed by atoms with Gasteiger partial charge >= 0.3 is 0 Å². The molecule has 0 aliphatic carbocycles. The van der Waals surface area contributed by atoms with Crippen LogP contribution in [0.1, 0.15) is 57.9 Å². The number of hydrogen-bond acceptors (Lipinski definition) is 2. The van der Waals surface area contributed by atoms with Crippen LogP contribution in [0.4, 0.5) is 0 Å². The molecule has 1 unspecified atom stereocenters. The summed E-state index contributed by atoms with van der Waals surface area (Å²) in [5, 5.41) is 0. The monoisotopic (exact) mass is 335 g/mol. The molecule has 2 nitrogen and oxygen atoms in total. The first-order valence-corrected chi connectivity index (χ1v) is 9.41. The van der Waals surface area contributed by atoms with Crippen LogP contribution in [-0.2, 0) is 6.42 Å². The molecule has 0 bridgehead atoms. The third-order valence-corrected chi connectivity index (χ3v) is 4.34. The van der Waals surface area contributed by atoms with Crippen LogP contribution in [0.15, 0.2) is 42.6 Å². The van der Waals surface area contributed by atoms with Crippen molar-refractivity contribution in [1.82, 2.24) is 4.98 Å². The lowest BCUT2D eigenvalue weighted by Gasteiger charge is -2.09. The molecule has 0 amide bonds. The van der Waals surface area contributed by atoms with Crippen molar-refractivity contribution >= 4 is 0 Å². The summed E-state index contributed by atoms with van der Waals surface area (Å²) in [5.74, 6) is 3.35. The third-order valence-electron chi connectivity index (χ3n) is 4.34. The lowest BCUT2D eigenvalue weighted by atomic mass is 10.1. The molecule has 0 radical (unpaired) electrons. The summed E-state index contributed by atoms with van der Waals surface area (Å²) < 4.78 is 5.60. The molecule has 1 heterocycles. The van der Waals surface area contributed by atoms with Gasteiger partial charge in [0.1, 0.15) is 5.75 Å². The van der Waals surface area contributed by atoms with E-state index in [0.29, 0.717) is 0 Å². The van der Waals surface area contributed by atoms with Gasteiger partial charge in [0.05, 0.1) is 5.69 Å². The number of benzene rings is 1. The molecule has 0 saturated heterocycles. The molecule has 2 rings (SSSR count). The summed E-state index contributed by atoms with van der Waals surface area (Å²) in [6, 6.07) is 12.2. The molecule has 0 N–H and O–H groups in total. The third kappa shape index (κ3) is 6.63. The van der Waals surface area contributed by atoms with Gasteiger partial charge in [-0.3, -0.25) is 4.98 Å². The van der Waals surface area contributed by atoms with Crippen molar-refractivity contribution in [3.8, 4) is 29.4 Å². The second-order valence-corrected chi connectivity index (χ2v) is 6.52. The van der Waals surface area contributed by atoms with Crippen molar-refractivity contribution in [2.24, 2.45) is 0 Å². The number of nitrogens with zero attached hydrogens (tertiary/aromatic N) is 1. The molecule has 1 atom stereocenters. The SMILES string of the molecule is C#CC(C)Oc1ccc(-c2ccc(CCCCCCCC)cn2)cc1. The minimum absolute atomic E-state index is 0.217. The topological polar surface area (TPSA) is 22.1 Å². The van der Waals surface area contributed by atoms with E-state index in [1.165, 1.54) is 44.1 Å². The highest BCUT2D eigenvalue weighted by Crippen LogP contribution is 2.22. The van der Waals surface area contributed by atoms with E-state index >= 15 is 0 Å². The zero-order valence-electron chi connectivity index (χ0n) is 15.5. The molecule has 1 aromatic heterocycles. The molecule has 0 aliphatic rings. The molecule has 0 spiro atoms. The van der Waals surface area contributed by atoms with Crippen molar-refractivity contribution in [2.45, 2.75) is 64.9 Å². The fraction of sp³-hybridized carbons (Fsp3) is 0.435. The normalized spacial score (nSPS) is 11.7. The summed E-state index contributed by atoms with van der Waals surface area (Å²) in [5.41, 5.74) is 3.40. The predicted molar refractivity (Wildman–Crippen MR) is 106 cm³/mol. The highest BCUT2D eigenvalue weighted by atomic mass is 16.5. The highest BCUT2D eigenvalue weighted by Gasteiger charge is 2.03. The van der Waals surface area contributed by atoms with E-state index in [0.717, 1.165) is 23.4 Å². The van der Waals surface area contributed by atoms with Crippen LogP contribution < -0.4 is 4.74 Å². The molecule has 0 fully saturated rings. The van der Waals surface area contributed by atoms with Crippen molar-refractivity contribution in [1.29, 1.82) is 0 Å². The van der Waals surface area contributed by atoms with E-state index in [2.05, 4.69) is 30.0 Å². The Kier molecular flexibility index (Phi) is 8.05. The van der Waals surface area contributed by atoms with Gasteiger partial charge in [-0.1, -0.05) is 51.0 Å². The minimum Gasteiger partial charge on any atom is -0.478 e. The summed E-state index contributed by atoms with van der Waals surface area (Å²) in [6.45, 7) is 4.11. The van der Waals surface area contributed by atoms with Crippen molar-refractivity contribution in [2.75, 3.05) is 0 Å². The minimum atomic E-state index is -0.217. The van der Waals surface area contributed by atoms with Crippen LogP contribution >= 0.6 is 0 Å². The maximum Gasteiger partial charge on any atom is 0.156 e. The molecular weight excluding hydrogens is 306 g/mol. The molecule has 0 saturated carbocycles. The van der Waals surface area contributed by atoms with Gasteiger partial charge in [-0.15, -0.1) is 6.42 Å². The molecule has 2 heteroatoms. The summed E-state index contributed by atoms with van der Waals surface area (Å²) in [7, 11) is 0. The summed E-state index contributed by atoms with van der Waals surface area (Å²) in [6.07, 6.45) is 16.2. The maximum atomic E-state index is 5.60. The Balaban J connectivity index is 1.84. The van der Waals surface area contributed by atoms with E-state index in [-0.39, 0.29) is 6.10 Å². The largest absolute Gasteiger partial charge is 0.478 e. The van der Waals surface area contributed by atoms with Crippen molar-refractivity contribution in [3.05, 3.63) is 48.2 Å². The van der Waals surface area contributed by atoms with E-state index in [1.54, 1.807) is 0 Å². The molecule has 25 heavy (non-hydrogen) atoms. The fourth-order valence-electron chi connectivity index (χ4n) is 2.79. The Morgan fingerprint density at radius 1 is 1.00 bits per heavy atom. The smallest absolute Gasteiger partial charge is 0.156 e. The Labute approximate surface area is 152 Å². The standard InChI is InChI=1S/C23H29NO/c1-4-6-7-8-9-10-11-20-12-17-23(24-18-20)21-13-15-22(16-14-21)25-19(3)5-2/h2,12-19H,4,6-11H2,1,3H3. The fourth-order valence-corrected chi connectivity index (χ4v) is 2.79. The number of aromatic nitrogens is 1. The molecule has 132 valence electrons. The van der Waals surface area contributed by atoms with Gasteiger partial charge in [-0.05, 0) is 55.7 Å². The lowest BCUT2D eigenvalue weighted by molar-refractivity contribution is 0.279. The highest BCUT2D eigenvalue weighted by molar-refractivity contribution is 5.60. The van der Waals surface area contributed by atoms with Crippen molar-refractivity contribution in [3.63, 3.8) is 0 Å². The second-order valence-electron chi connectivity index (χ2n) is 6.52. The Hall–Kier alpha value is -2.27. The van der Waals surface area contributed by atoms with Crippen LogP contribution in [0.2, 0.25) is 0 Å². The Bertz CT molecular complexity index is 652. The average molecular weight is 335 g/mol. The number of aryl methyl sites for hydroxylation is 1. The van der Waals surface area contributed by atoms with Gasteiger partial charge in [-0.2, -0.15) is 0 Å². The van der Waals surface area contributed by atoms with Crippen LogP contribution in [0.5, 0.6) is 5.75 Å². The number of rotatable bonds is 10. The predicted octanol–water partition coefficient (Wildman–Crippen LogP) is 6.05. The molecule has 2 aromatic rings. The summed E-state index contributed by atoms with van der Waals surface area (Å²) in [4.78, 5) is 4.61.